The molecule has 7 nitrogen and oxygen atoms in total. The van der Waals surface area contributed by atoms with Crippen molar-refractivity contribution in [3.8, 4) is 0 Å². The Morgan fingerprint density at radius 3 is 2.63 bits per heavy atom. The molecule has 0 radical (unpaired) electrons. The number of aromatic nitrogens is 3. The second kappa shape index (κ2) is 7.01. The number of alkyl halides is 3. The smallest absolute Gasteiger partial charge is 0.382 e. The maximum Gasteiger partial charge on any atom is 0.433 e. The molecule has 12 heteroatoms. The van der Waals surface area contributed by atoms with Crippen LogP contribution in [0.4, 0.5) is 28.0 Å². The summed E-state index contributed by atoms with van der Waals surface area (Å²) in [5.41, 5.74) is 3.60. The average Bonchev–Trinajstić information content (AvgIpc) is 3.06. The van der Waals surface area contributed by atoms with Crippen molar-refractivity contribution in [2.75, 3.05) is 25.0 Å². The number of urea groups is 1. The largest absolute Gasteiger partial charge is 0.433 e. The first-order valence-electron chi connectivity index (χ1n) is 8.74. The van der Waals surface area contributed by atoms with Crippen LogP contribution in [-0.4, -0.2) is 45.3 Å². The molecule has 1 saturated heterocycles. The summed E-state index contributed by atoms with van der Waals surface area (Å²) in [4.78, 5) is 16.4. The Kier molecular flexibility index (Phi) is 4.72. The molecule has 0 unspecified atom stereocenters. The van der Waals surface area contributed by atoms with Crippen LogP contribution in [0.15, 0.2) is 36.7 Å². The summed E-state index contributed by atoms with van der Waals surface area (Å²) in [7, 11) is 0. The van der Waals surface area contributed by atoms with Crippen molar-refractivity contribution in [1.29, 1.82) is 0 Å². The summed E-state index contributed by atoms with van der Waals surface area (Å²) in [5, 5.41) is 7.66. The molecule has 1 aliphatic rings. The average molecular weight is 443 g/mol. The number of carbonyl (C=O) groups excluding carboxylic acids is 1. The molecule has 3 heterocycles. The van der Waals surface area contributed by atoms with Gasteiger partial charge in [0, 0.05) is 22.6 Å². The van der Waals surface area contributed by atoms with Gasteiger partial charge in [-0.05, 0) is 24.3 Å². The lowest BCUT2D eigenvalue weighted by atomic mass is 9.89. The Morgan fingerprint density at radius 2 is 2.03 bits per heavy atom. The van der Waals surface area contributed by atoms with Gasteiger partial charge in [0.15, 0.2) is 5.82 Å². The summed E-state index contributed by atoms with van der Waals surface area (Å²) in [6.07, 6.45) is -2.48. The molecule has 4 rings (SSSR count). The van der Waals surface area contributed by atoms with Crippen molar-refractivity contribution < 1.29 is 22.4 Å². The number of nitrogens with zero attached hydrogens (tertiary/aromatic N) is 4. The number of hydrogen-bond donors (Lipinski definition) is 2. The first-order chi connectivity index (χ1) is 14.1. The molecule has 1 fully saturated rings. The number of likely N-dealkylation sites (tertiary alicyclic amines) is 1. The number of primary amides is 1. The molecule has 158 valence electrons. The molecule has 0 spiro atoms. The fraction of sp³-hybridized carbons (Fsp3) is 0.278. The quantitative estimate of drug-likeness (QED) is 0.606. The minimum absolute atomic E-state index is 0.0564. The highest BCUT2D eigenvalue weighted by Crippen LogP contribution is 2.35. The van der Waals surface area contributed by atoms with Crippen LogP contribution in [0.2, 0.25) is 5.02 Å². The third-order valence-electron chi connectivity index (χ3n) is 4.99. The van der Waals surface area contributed by atoms with E-state index in [0.29, 0.717) is 10.4 Å². The van der Waals surface area contributed by atoms with Gasteiger partial charge >= 0.3 is 12.2 Å². The van der Waals surface area contributed by atoms with E-state index in [2.05, 4.69) is 15.4 Å². The van der Waals surface area contributed by atoms with Gasteiger partial charge in [0.05, 0.1) is 31.0 Å². The molecule has 3 N–H and O–H groups in total. The summed E-state index contributed by atoms with van der Waals surface area (Å²) in [6, 6.07) is 4.59. The Balaban J connectivity index is 1.70. The number of carbonyl (C=O) groups is 1. The molecular formula is C18H15ClF4N6O. The highest BCUT2D eigenvalue weighted by Gasteiger charge is 2.47. The van der Waals surface area contributed by atoms with E-state index in [9.17, 15) is 22.4 Å². The molecule has 1 aliphatic heterocycles. The number of nitrogens with one attached hydrogen (secondary N) is 1. The first-order valence-corrected chi connectivity index (χ1v) is 9.12. The van der Waals surface area contributed by atoms with Gasteiger partial charge in [-0.15, -0.1) is 0 Å². The number of hydrogen-bond acceptors (Lipinski definition) is 4. The van der Waals surface area contributed by atoms with Crippen LogP contribution < -0.4 is 11.1 Å². The molecule has 3 aromatic rings. The summed E-state index contributed by atoms with van der Waals surface area (Å²) < 4.78 is 54.8. The highest BCUT2D eigenvalue weighted by molar-refractivity contribution is 6.31. The minimum Gasteiger partial charge on any atom is -0.382 e. The Hall–Kier alpha value is -3.08. The number of halogens is 5. The van der Waals surface area contributed by atoms with Gasteiger partial charge in [0.25, 0.3) is 0 Å². The normalized spacial score (nSPS) is 15.8. The van der Waals surface area contributed by atoms with Crippen molar-refractivity contribution in [2.45, 2.75) is 11.7 Å². The van der Waals surface area contributed by atoms with E-state index in [0.717, 1.165) is 18.5 Å². The second-order valence-electron chi connectivity index (χ2n) is 7.09. The van der Waals surface area contributed by atoms with Gasteiger partial charge in [-0.3, -0.25) is 4.68 Å². The monoisotopic (exact) mass is 442 g/mol. The van der Waals surface area contributed by atoms with Gasteiger partial charge in [0.2, 0.25) is 0 Å². The topological polar surface area (TPSA) is 89.1 Å². The first kappa shape index (κ1) is 20.2. The fourth-order valence-corrected chi connectivity index (χ4v) is 3.64. The number of amides is 2. The van der Waals surface area contributed by atoms with Crippen molar-refractivity contribution in [1.82, 2.24) is 19.7 Å². The van der Waals surface area contributed by atoms with Gasteiger partial charge in [0.1, 0.15) is 11.2 Å². The van der Waals surface area contributed by atoms with E-state index in [4.69, 9.17) is 17.3 Å². The molecule has 2 aromatic heterocycles. The molecule has 0 atom stereocenters. The number of nitrogens with two attached hydrogens (primary N) is 1. The van der Waals surface area contributed by atoms with Crippen LogP contribution in [0.1, 0.15) is 5.69 Å². The molecule has 0 bridgehead atoms. The number of anilines is 1. The fourth-order valence-electron chi connectivity index (χ4n) is 3.47. The van der Waals surface area contributed by atoms with E-state index in [1.165, 1.54) is 27.8 Å². The van der Waals surface area contributed by atoms with Crippen LogP contribution >= 0.6 is 11.6 Å². The number of rotatable bonds is 4. The van der Waals surface area contributed by atoms with E-state index in [1.54, 1.807) is 0 Å². The number of pyridine rings is 1. The summed E-state index contributed by atoms with van der Waals surface area (Å²) in [5.74, 6) is -0.576. The van der Waals surface area contributed by atoms with Gasteiger partial charge in [-0.2, -0.15) is 18.3 Å². The Bertz CT molecular complexity index is 1130. The Labute approximate surface area is 172 Å². The zero-order chi connectivity index (χ0) is 21.7. The number of benzene rings is 1. The van der Waals surface area contributed by atoms with Crippen molar-refractivity contribution >= 4 is 34.2 Å². The van der Waals surface area contributed by atoms with Gasteiger partial charge in [-0.1, -0.05) is 11.6 Å². The van der Waals surface area contributed by atoms with Crippen LogP contribution in [0.3, 0.4) is 0 Å². The predicted molar refractivity (Wildman–Crippen MR) is 102 cm³/mol. The SMILES string of the molecule is NC(=O)N1CC(CNc2cc(C(F)(F)F)nc3ccc(Cl)cc23)(n2cc(F)cn2)C1. The molecule has 0 aliphatic carbocycles. The highest BCUT2D eigenvalue weighted by atomic mass is 35.5. The Morgan fingerprint density at radius 1 is 1.30 bits per heavy atom. The van der Waals surface area contributed by atoms with Crippen LogP contribution in [0.25, 0.3) is 10.9 Å². The van der Waals surface area contributed by atoms with Gasteiger partial charge in [-0.25, -0.2) is 14.2 Å². The molecular weight excluding hydrogens is 428 g/mol. The lowest BCUT2D eigenvalue weighted by Crippen LogP contribution is -2.68. The maximum atomic E-state index is 13.5. The number of fused-ring (bicyclic) bond motifs is 1. The van der Waals surface area contributed by atoms with E-state index in [-0.39, 0.29) is 30.8 Å². The third-order valence-corrected chi connectivity index (χ3v) is 5.22. The lowest BCUT2D eigenvalue weighted by Gasteiger charge is -2.49. The van der Waals surface area contributed by atoms with E-state index < -0.39 is 29.3 Å². The molecule has 2 amide bonds. The van der Waals surface area contributed by atoms with Gasteiger partial charge < -0.3 is 16.0 Å². The zero-order valence-corrected chi connectivity index (χ0v) is 16.0. The lowest BCUT2D eigenvalue weighted by molar-refractivity contribution is -0.140. The van der Waals surface area contributed by atoms with Crippen LogP contribution in [0.5, 0.6) is 0 Å². The molecule has 1 aromatic carbocycles. The molecule has 0 saturated carbocycles. The van der Waals surface area contributed by atoms with Crippen LogP contribution in [-0.2, 0) is 11.7 Å². The zero-order valence-electron chi connectivity index (χ0n) is 15.2. The van der Waals surface area contributed by atoms with Crippen molar-refractivity contribution in [3.05, 3.63) is 53.2 Å². The standard InChI is InChI=1S/C18H15ClF4N6O/c19-10-1-2-13-12(3-10)14(4-15(27-13)18(21,22)23)25-7-17(8-28(9-17)16(24)30)29-6-11(20)5-26-29/h1-6H,7-9H2,(H2,24,30)(H,25,27). The van der Waals surface area contributed by atoms with Crippen molar-refractivity contribution in [2.24, 2.45) is 5.73 Å². The summed E-state index contributed by atoms with van der Waals surface area (Å²) in [6.45, 7) is 0.291. The van der Waals surface area contributed by atoms with Crippen molar-refractivity contribution in [3.63, 3.8) is 0 Å². The predicted octanol–water partition coefficient (Wildman–Crippen LogP) is 3.44. The minimum atomic E-state index is -4.65. The second-order valence-corrected chi connectivity index (χ2v) is 7.53. The van der Waals surface area contributed by atoms with E-state index in [1.807, 2.05) is 0 Å². The van der Waals surface area contributed by atoms with E-state index >= 15 is 0 Å². The van der Waals surface area contributed by atoms with Crippen LogP contribution in [0, 0.1) is 5.82 Å². The maximum absolute atomic E-state index is 13.5. The molecule has 30 heavy (non-hydrogen) atoms. The third kappa shape index (κ3) is 3.60. The summed E-state index contributed by atoms with van der Waals surface area (Å²) >= 11 is 6.01.